The molecule has 0 spiro atoms. The first kappa shape index (κ1) is 22.5. The Bertz CT molecular complexity index is 1090. The molecular weight excluding hydrogens is 461 g/mol. The zero-order valence-corrected chi connectivity index (χ0v) is 18.2. The van der Waals surface area contributed by atoms with E-state index in [0.29, 0.717) is 37.4 Å². The predicted octanol–water partition coefficient (Wildman–Crippen LogP) is 4.58. The summed E-state index contributed by atoms with van der Waals surface area (Å²) in [5.74, 6) is -0.722. The Balaban J connectivity index is 1.55. The van der Waals surface area contributed by atoms with Crippen LogP contribution in [-0.2, 0) is 15.7 Å². The van der Waals surface area contributed by atoms with Gasteiger partial charge >= 0.3 is 6.18 Å². The van der Waals surface area contributed by atoms with Crippen LogP contribution in [0.4, 0.5) is 18.9 Å². The molecular formula is C22H17F3N2O3S2. The van der Waals surface area contributed by atoms with Crippen molar-refractivity contribution >= 4 is 51.9 Å². The van der Waals surface area contributed by atoms with Crippen molar-refractivity contribution in [3.63, 3.8) is 0 Å². The van der Waals surface area contributed by atoms with Gasteiger partial charge in [0.15, 0.2) is 4.32 Å². The van der Waals surface area contributed by atoms with Crippen molar-refractivity contribution in [3.05, 3.63) is 70.1 Å². The lowest BCUT2D eigenvalue weighted by Crippen LogP contribution is -2.40. The van der Waals surface area contributed by atoms with Crippen LogP contribution in [-0.4, -0.2) is 47.3 Å². The highest BCUT2D eigenvalue weighted by Gasteiger charge is 2.40. The van der Waals surface area contributed by atoms with Crippen LogP contribution in [0.15, 0.2) is 53.4 Å². The van der Waals surface area contributed by atoms with E-state index in [1.807, 2.05) is 0 Å². The fraction of sp³-hybridized carbons (Fsp3) is 0.227. The molecule has 0 aliphatic carbocycles. The topological polar surface area (TPSA) is 49.9 Å². The molecule has 0 bridgehead atoms. The fourth-order valence-corrected chi connectivity index (χ4v) is 4.69. The van der Waals surface area contributed by atoms with Gasteiger partial charge in [0, 0.05) is 18.7 Å². The van der Waals surface area contributed by atoms with E-state index in [0.717, 1.165) is 22.7 Å². The Labute approximate surface area is 191 Å². The summed E-state index contributed by atoms with van der Waals surface area (Å²) in [4.78, 5) is 28.3. The van der Waals surface area contributed by atoms with Gasteiger partial charge in [-0.05, 0) is 35.9 Å². The summed E-state index contributed by atoms with van der Waals surface area (Å²) in [5.41, 5.74) is -0.0790. The van der Waals surface area contributed by atoms with Crippen molar-refractivity contribution in [1.29, 1.82) is 0 Å². The fourth-order valence-electron chi connectivity index (χ4n) is 3.41. The molecule has 0 N–H and O–H groups in total. The lowest BCUT2D eigenvalue weighted by molar-refractivity contribution is -0.137. The van der Waals surface area contributed by atoms with E-state index in [2.05, 4.69) is 0 Å². The standard InChI is InChI=1S/C22H17F3N2O3S2/c23-22(24,25)16-3-1-2-4-17(16)27-20(29)18(32-21(27)31)13-14-5-7-15(8-6-14)19(28)26-9-11-30-12-10-26/h1-8,13H,9-12H2/b18-13-. The Morgan fingerprint density at radius 3 is 2.38 bits per heavy atom. The predicted molar refractivity (Wildman–Crippen MR) is 120 cm³/mol. The van der Waals surface area contributed by atoms with Crippen LogP contribution in [0.5, 0.6) is 0 Å². The van der Waals surface area contributed by atoms with E-state index in [4.69, 9.17) is 17.0 Å². The highest BCUT2D eigenvalue weighted by atomic mass is 32.2. The van der Waals surface area contributed by atoms with Gasteiger partial charge < -0.3 is 9.64 Å². The summed E-state index contributed by atoms with van der Waals surface area (Å²) in [5, 5.41) is 0. The molecule has 0 atom stereocenters. The number of thiocarbonyl (C=S) groups is 1. The number of benzene rings is 2. The number of ether oxygens (including phenoxy) is 1. The smallest absolute Gasteiger partial charge is 0.378 e. The largest absolute Gasteiger partial charge is 0.418 e. The Morgan fingerprint density at radius 1 is 1.06 bits per heavy atom. The van der Waals surface area contributed by atoms with Gasteiger partial charge in [0.2, 0.25) is 0 Å². The van der Waals surface area contributed by atoms with Crippen LogP contribution in [0.1, 0.15) is 21.5 Å². The number of hydrogen-bond acceptors (Lipinski definition) is 5. The van der Waals surface area contributed by atoms with Crippen molar-refractivity contribution in [2.45, 2.75) is 6.18 Å². The van der Waals surface area contributed by atoms with E-state index in [-0.39, 0.29) is 20.8 Å². The zero-order chi connectivity index (χ0) is 22.9. The summed E-state index contributed by atoms with van der Waals surface area (Å²) in [6, 6.07) is 11.5. The second-order valence-corrected chi connectivity index (χ2v) is 8.73. The molecule has 2 aliphatic heterocycles. The molecule has 4 rings (SSSR count). The summed E-state index contributed by atoms with van der Waals surface area (Å²) in [7, 11) is 0. The molecule has 0 unspecified atom stereocenters. The molecule has 2 fully saturated rings. The van der Waals surface area contributed by atoms with E-state index < -0.39 is 17.6 Å². The average Bonchev–Trinajstić information content (AvgIpc) is 3.06. The molecule has 2 saturated heterocycles. The lowest BCUT2D eigenvalue weighted by Gasteiger charge is -2.26. The molecule has 32 heavy (non-hydrogen) atoms. The Hall–Kier alpha value is -2.69. The number of anilines is 1. The van der Waals surface area contributed by atoms with Gasteiger partial charge in [-0.1, -0.05) is 48.2 Å². The number of alkyl halides is 3. The van der Waals surface area contributed by atoms with E-state index in [1.54, 1.807) is 35.2 Å². The molecule has 10 heteroatoms. The van der Waals surface area contributed by atoms with Crippen LogP contribution < -0.4 is 4.90 Å². The number of para-hydroxylation sites is 1. The van der Waals surface area contributed by atoms with E-state index >= 15 is 0 Å². The third-order valence-electron chi connectivity index (χ3n) is 5.00. The van der Waals surface area contributed by atoms with Crippen LogP contribution >= 0.6 is 24.0 Å². The molecule has 0 aromatic heterocycles. The first-order chi connectivity index (χ1) is 15.3. The molecule has 2 amide bonds. The minimum absolute atomic E-state index is 0.0251. The molecule has 2 heterocycles. The number of carbonyl (C=O) groups excluding carboxylic acids is 2. The van der Waals surface area contributed by atoms with Gasteiger partial charge in [-0.2, -0.15) is 13.2 Å². The van der Waals surface area contributed by atoms with Gasteiger partial charge in [0.05, 0.1) is 29.4 Å². The lowest BCUT2D eigenvalue weighted by atomic mass is 10.1. The van der Waals surface area contributed by atoms with Crippen LogP contribution in [0.25, 0.3) is 6.08 Å². The monoisotopic (exact) mass is 478 g/mol. The normalized spacial score (nSPS) is 18.5. The maximum absolute atomic E-state index is 13.4. The van der Waals surface area contributed by atoms with Gasteiger partial charge in [-0.3, -0.25) is 14.5 Å². The highest BCUT2D eigenvalue weighted by molar-refractivity contribution is 8.27. The summed E-state index contributed by atoms with van der Waals surface area (Å²) < 4.78 is 45.5. The van der Waals surface area contributed by atoms with Crippen molar-refractivity contribution in [2.24, 2.45) is 0 Å². The third kappa shape index (κ3) is 4.57. The molecule has 2 aromatic rings. The van der Waals surface area contributed by atoms with Crippen molar-refractivity contribution in [1.82, 2.24) is 4.90 Å². The summed E-state index contributed by atoms with van der Waals surface area (Å²) in [6.45, 7) is 2.07. The Morgan fingerprint density at radius 2 is 1.72 bits per heavy atom. The van der Waals surface area contributed by atoms with Crippen molar-refractivity contribution in [2.75, 3.05) is 31.2 Å². The minimum Gasteiger partial charge on any atom is -0.378 e. The van der Waals surface area contributed by atoms with E-state index in [9.17, 15) is 22.8 Å². The summed E-state index contributed by atoms with van der Waals surface area (Å²) in [6.07, 6.45) is -3.06. The van der Waals surface area contributed by atoms with Crippen LogP contribution in [0.3, 0.4) is 0 Å². The van der Waals surface area contributed by atoms with Crippen molar-refractivity contribution in [3.8, 4) is 0 Å². The number of thioether (sulfide) groups is 1. The highest BCUT2D eigenvalue weighted by Crippen LogP contribution is 2.42. The average molecular weight is 479 g/mol. The quantitative estimate of drug-likeness (QED) is 0.477. The van der Waals surface area contributed by atoms with Gasteiger partial charge in [0.1, 0.15) is 0 Å². The Kier molecular flexibility index (Phi) is 6.36. The number of nitrogens with zero attached hydrogens (tertiary/aromatic N) is 2. The van der Waals surface area contributed by atoms with Gasteiger partial charge in [0.25, 0.3) is 11.8 Å². The first-order valence-corrected chi connectivity index (χ1v) is 10.9. The maximum Gasteiger partial charge on any atom is 0.418 e. The van der Waals surface area contributed by atoms with Gasteiger partial charge in [-0.25, -0.2) is 0 Å². The molecule has 166 valence electrons. The second kappa shape index (κ2) is 9.05. The number of hydrogen-bond donors (Lipinski definition) is 0. The maximum atomic E-state index is 13.4. The minimum atomic E-state index is -4.62. The number of amides is 2. The van der Waals surface area contributed by atoms with Crippen LogP contribution in [0.2, 0.25) is 0 Å². The van der Waals surface area contributed by atoms with Crippen LogP contribution in [0, 0.1) is 0 Å². The zero-order valence-electron chi connectivity index (χ0n) is 16.6. The molecule has 5 nitrogen and oxygen atoms in total. The third-order valence-corrected chi connectivity index (χ3v) is 6.30. The van der Waals surface area contributed by atoms with Gasteiger partial charge in [-0.15, -0.1) is 0 Å². The van der Waals surface area contributed by atoms with Crippen molar-refractivity contribution < 1.29 is 27.5 Å². The molecule has 0 radical (unpaired) electrons. The van der Waals surface area contributed by atoms with E-state index in [1.165, 1.54) is 18.2 Å². The molecule has 2 aliphatic rings. The summed E-state index contributed by atoms with van der Waals surface area (Å²) >= 11 is 6.14. The number of rotatable bonds is 3. The second-order valence-electron chi connectivity index (χ2n) is 7.06. The number of carbonyl (C=O) groups is 2. The first-order valence-electron chi connectivity index (χ1n) is 9.67. The number of halogens is 3. The SMILES string of the molecule is O=C(c1ccc(/C=C2\SC(=S)N(c3ccccc3C(F)(F)F)C2=O)cc1)N1CCOCC1. The number of morpholine rings is 1. The molecule has 2 aromatic carbocycles. The molecule has 0 saturated carbocycles.